The van der Waals surface area contributed by atoms with Crippen molar-refractivity contribution in [2.75, 3.05) is 19.7 Å². The third kappa shape index (κ3) is 6.50. The summed E-state index contributed by atoms with van der Waals surface area (Å²) in [7, 11) is 0. The number of carbonyl (C=O) groups is 1. The molecule has 4 unspecified atom stereocenters. The zero-order valence-electron chi connectivity index (χ0n) is 19.3. The number of hydrazine groups is 1. The predicted molar refractivity (Wildman–Crippen MR) is 115 cm³/mol. The van der Waals surface area contributed by atoms with E-state index in [4.69, 9.17) is 9.47 Å². The fourth-order valence-corrected chi connectivity index (χ4v) is 4.24. The van der Waals surface area contributed by atoms with E-state index in [1.54, 1.807) is 0 Å². The van der Waals surface area contributed by atoms with Gasteiger partial charge in [-0.25, -0.2) is 14.6 Å². The largest absolute Gasteiger partial charge is 0.416 e. The molecule has 37 heavy (non-hydrogen) atoms. The monoisotopic (exact) mass is 536 g/mol. The molecule has 2 fully saturated rings. The van der Waals surface area contributed by atoms with Gasteiger partial charge in [0.05, 0.1) is 29.9 Å². The topological polar surface area (TPSA) is 74.9 Å². The van der Waals surface area contributed by atoms with Crippen LogP contribution < -0.4 is 16.2 Å². The van der Waals surface area contributed by atoms with Crippen LogP contribution in [0.2, 0.25) is 0 Å². The van der Waals surface area contributed by atoms with E-state index in [9.17, 15) is 35.5 Å². The van der Waals surface area contributed by atoms with E-state index in [-0.39, 0.29) is 24.8 Å². The molecule has 3 N–H and O–H groups in total. The van der Waals surface area contributed by atoms with Crippen LogP contribution in [-0.4, -0.2) is 43.1 Å². The van der Waals surface area contributed by atoms with Gasteiger partial charge in [0.25, 0.3) is 0 Å². The van der Waals surface area contributed by atoms with Gasteiger partial charge < -0.3 is 14.8 Å². The summed E-state index contributed by atoms with van der Waals surface area (Å²) in [6.07, 6.45) is -12.9. The van der Waals surface area contributed by atoms with Gasteiger partial charge in [-0.3, -0.25) is 10.3 Å². The number of morpholine rings is 1. The van der Waals surface area contributed by atoms with Crippen molar-refractivity contribution in [3.05, 3.63) is 70.5 Å². The third-order valence-corrected chi connectivity index (χ3v) is 6.02. The highest BCUT2D eigenvalue weighted by Gasteiger charge is 2.40. The molecule has 2 aliphatic heterocycles. The third-order valence-electron chi connectivity index (χ3n) is 6.02. The second-order valence-electron chi connectivity index (χ2n) is 8.64. The Balaban J connectivity index is 1.63. The van der Waals surface area contributed by atoms with Crippen LogP contribution in [0.25, 0.3) is 0 Å². The molecule has 2 aromatic carbocycles. The van der Waals surface area contributed by atoms with Crippen LogP contribution in [-0.2, 0) is 21.8 Å². The van der Waals surface area contributed by atoms with E-state index in [1.165, 1.54) is 31.2 Å². The molecular formula is C23H23F7N4O3. The fourth-order valence-electron chi connectivity index (χ4n) is 4.24. The molecule has 7 nitrogen and oxygen atoms in total. The molecule has 0 saturated carbocycles. The van der Waals surface area contributed by atoms with Crippen LogP contribution in [0.3, 0.4) is 0 Å². The predicted octanol–water partition coefficient (Wildman–Crippen LogP) is 4.48. The summed E-state index contributed by atoms with van der Waals surface area (Å²) in [6.45, 7) is 2.04. The van der Waals surface area contributed by atoms with Crippen molar-refractivity contribution in [1.82, 2.24) is 21.1 Å². The van der Waals surface area contributed by atoms with E-state index >= 15 is 0 Å². The van der Waals surface area contributed by atoms with E-state index in [0.29, 0.717) is 24.2 Å². The lowest BCUT2D eigenvalue weighted by atomic mass is 10.0. The Morgan fingerprint density at radius 3 is 2.22 bits per heavy atom. The Kier molecular flexibility index (Phi) is 7.65. The van der Waals surface area contributed by atoms with Crippen LogP contribution in [0.4, 0.5) is 35.5 Å². The van der Waals surface area contributed by atoms with Gasteiger partial charge in [0, 0.05) is 13.1 Å². The molecule has 2 aliphatic rings. The summed E-state index contributed by atoms with van der Waals surface area (Å²) in [5, 5.41) is 2.65. The molecule has 2 saturated heterocycles. The molecule has 0 bridgehead atoms. The SMILES string of the molecule is CC(OC1OCCN(CC2NNC(=O)N2)C1c1ccc(F)cc1)c1cc(C(F)(F)F)cc(C(F)(F)F)c1. The minimum Gasteiger partial charge on any atom is -0.349 e. The number of hydrogen-bond acceptors (Lipinski definition) is 5. The maximum absolute atomic E-state index is 13.6. The normalized spacial score (nSPS) is 24.0. The zero-order chi connectivity index (χ0) is 27.0. The quantitative estimate of drug-likeness (QED) is 0.475. The van der Waals surface area contributed by atoms with Crippen molar-refractivity contribution in [3.63, 3.8) is 0 Å². The molecule has 2 aromatic rings. The average molecular weight is 536 g/mol. The van der Waals surface area contributed by atoms with E-state index in [0.717, 1.165) is 0 Å². The molecule has 14 heteroatoms. The zero-order valence-corrected chi connectivity index (χ0v) is 19.3. The molecule has 202 valence electrons. The first-order valence-corrected chi connectivity index (χ1v) is 11.2. The number of halogens is 7. The highest BCUT2D eigenvalue weighted by Crippen LogP contribution is 2.39. The summed E-state index contributed by atoms with van der Waals surface area (Å²) >= 11 is 0. The minimum atomic E-state index is -5.00. The highest BCUT2D eigenvalue weighted by atomic mass is 19.4. The fraction of sp³-hybridized carbons (Fsp3) is 0.435. The van der Waals surface area contributed by atoms with Gasteiger partial charge in [-0.2, -0.15) is 26.3 Å². The maximum atomic E-state index is 13.6. The maximum Gasteiger partial charge on any atom is 0.416 e. The molecule has 2 heterocycles. The van der Waals surface area contributed by atoms with E-state index in [2.05, 4.69) is 16.2 Å². The first-order valence-electron chi connectivity index (χ1n) is 11.2. The van der Waals surface area contributed by atoms with Gasteiger partial charge in [-0.1, -0.05) is 12.1 Å². The molecule has 0 radical (unpaired) electrons. The van der Waals surface area contributed by atoms with Gasteiger partial charge in [0.15, 0.2) is 6.29 Å². The second kappa shape index (κ2) is 10.4. The number of urea groups is 1. The van der Waals surface area contributed by atoms with E-state index in [1.807, 2.05) is 4.90 Å². The molecule has 0 aliphatic carbocycles. The molecular weight excluding hydrogens is 513 g/mol. The van der Waals surface area contributed by atoms with Crippen molar-refractivity contribution in [1.29, 1.82) is 0 Å². The number of nitrogens with zero attached hydrogens (tertiary/aromatic N) is 1. The summed E-state index contributed by atoms with van der Waals surface area (Å²) in [5.41, 5.74) is 2.44. The lowest BCUT2D eigenvalue weighted by Gasteiger charge is -2.42. The van der Waals surface area contributed by atoms with Crippen LogP contribution in [0.1, 0.15) is 41.3 Å². The number of amides is 2. The average Bonchev–Trinajstić information content (AvgIpc) is 3.23. The summed E-state index contributed by atoms with van der Waals surface area (Å²) in [6, 6.07) is 5.49. The Morgan fingerprint density at radius 1 is 1.05 bits per heavy atom. The van der Waals surface area contributed by atoms with E-state index < -0.39 is 59.9 Å². The van der Waals surface area contributed by atoms with Crippen LogP contribution >= 0.6 is 0 Å². The Hall–Kier alpha value is -2.94. The van der Waals surface area contributed by atoms with Crippen molar-refractivity contribution in [2.24, 2.45) is 0 Å². The number of benzene rings is 2. The second-order valence-corrected chi connectivity index (χ2v) is 8.64. The first-order chi connectivity index (χ1) is 17.3. The molecule has 0 spiro atoms. The van der Waals surface area contributed by atoms with Gasteiger partial charge in [-0.05, 0) is 48.4 Å². The Bertz CT molecular complexity index is 1080. The lowest BCUT2D eigenvalue weighted by Crippen LogP contribution is -2.52. The standard InChI is InChI=1S/C23H23F7N4O3/c1-12(14-8-15(22(25,26)27)10-16(9-14)23(28,29)30)37-20-19(13-2-4-17(24)5-3-13)34(6-7-36-20)11-18-31-21(35)33-32-18/h2-5,8-10,12,18-20,32H,6-7,11H2,1H3,(H2,31,33,35). The van der Waals surface area contributed by atoms with Crippen molar-refractivity contribution < 1.29 is 45.0 Å². The van der Waals surface area contributed by atoms with Crippen molar-refractivity contribution >= 4 is 6.03 Å². The van der Waals surface area contributed by atoms with Crippen LogP contribution in [0, 0.1) is 5.82 Å². The Labute approximate surface area is 206 Å². The van der Waals surface area contributed by atoms with Gasteiger partial charge in [0.1, 0.15) is 12.0 Å². The number of ether oxygens (including phenoxy) is 2. The number of alkyl halides is 6. The number of hydrogen-bond donors (Lipinski definition) is 3. The summed E-state index contributed by atoms with van der Waals surface area (Å²) < 4.78 is 105. The summed E-state index contributed by atoms with van der Waals surface area (Å²) in [4.78, 5) is 13.3. The summed E-state index contributed by atoms with van der Waals surface area (Å²) in [5.74, 6) is -0.504. The van der Waals surface area contributed by atoms with Crippen molar-refractivity contribution in [2.45, 2.75) is 43.9 Å². The number of rotatable bonds is 6. The lowest BCUT2D eigenvalue weighted by molar-refractivity contribution is -0.230. The van der Waals surface area contributed by atoms with Gasteiger partial charge in [-0.15, -0.1) is 0 Å². The number of carbonyl (C=O) groups excluding carboxylic acids is 1. The minimum absolute atomic E-state index is 0.0489. The smallest absolute Gasteiger partial charge is 0.349 e. The molecule has 4 rings (SSSR count). The number of nitrogens with one attached hydrogen (secondary N) is 3. The van der Waals surface area contributed by atoms with Gasteiger partial charge in [0.2, 0.25) is 0 Å². The van der Waals surface area contributed by atoms with Crippen LogP contribution in [0.15, 0.2) is 42.5 Å². The van der Waals surface area contributed by atoms with Crippen molar-refractivity contribution in [3.8, 4) is 0 Å². The van der Waals surface area contributed by atoms with Gasteiger partial charge >= 0.3 is 18.4 Å². The highest BCUT2D eigenvalue weighted by molar-refractivity contribution is 5.75. The molecule has 0 aromatic heterocycles. The molecule has 4 atom stereocenters. The Morgan fingerprint density at radius 2 is 1.68 bits per heavy atom. The first kappa shape index (κ1) is 27.1. The molecule has 2 amide bonds. The van der Waals surface area contributed by atoms with Crippen LogP contribution in [0.5, 0.6) is 0 Å².